The fourth-order valence-electron chi connectivity index (χ4n) is 3.61. The maximum atomic E-state index is 12.3. The van der Waals surface area contributed by atoms with E-state index in [1.54, 1.807) is 4.90 Å². The van der Waals surface area contributed by atoms with Crippen LogP contribution in [0.15, 0.2) is 21.1 Å². The predicted molar refractivity (Wildman–Crippen MR) is 147 cm³/mol. The van der Waals surface area contributed by atoms with Crippen molar-refractivity contribution in [2.75, 3.05) is 26.5 Å². The van der Waals surface area contributed by atoms with Crippen LogP contribution in [0.3, 0.4) is 0 Å². The van der Waals surface area contributed by atoms with Crippen LogP contribution in [0.2, 0.25) is 25.7 Å². The van der Waals surface area contributed by atoms with Gasteiger partial charge in [0.1, 0.15) is 22.8 Å². The number of alkyl halides is 1. The summed E-state index contributed by atoms with van der Waals surface area (Å²) < 4.78 is 24.1. The molecule has 1 aromatic heterocycles. The van der Waals surface area contributed by atoms with E-state index in [2.05, 4.69) is 56.7 Å². The summed E-state index contributed by atoms with van der Waals surface area (Å²) in [6, 6.07) is 5.08. The first-order valence-electron chi connectivity index (χ1n) is 11.8. The lowest BCUT2D eigenvalue weighted by Gasteiger charge is -2.38. The molecular formula is C25H36Br2N2O5Si. The van der Waals surface area contributed by atoms with Crippen molar-refractivity contribution < 1.29 is 23.5 Å². The maximum Gasteiger partial charge on any atom is 0.410 e. The molecule has 1 fully saturated rings. The van der Waals surface area contributed by atoms with E-state index in [-0.39, 0.29) is 18.8 Å². The quantitative estimate of drug-likeness (QED) is 0.125. The summed E-state index contributed by atoms with van der Waals surface area (Å²) in [7, 11) is -1.16. The van der Waals surface area contributed by atoms with Crippen molar-refractivity contribution in [2.45, 2.75) is 70.2 Å². The van der Waals surface area contributed by atoms with Crippen LogP contribution in [0.4, 0.5) is 4.79 Å². The molecule has 0 aliphatic carbocycles. The van der Waals surface area contributed by atoms with Crippen molar-refractivity contribution in [1.82, 2.24) is 10.1 Å². The number of halogens is 2. The highest BCUT2D eigenvalue weighted by Crippen LogP contribution is 2.41. The second kappa shape index (κ2) is 11.4. The van der Waals surface area contributed by atoms with Crippen LogP contribution in [-0.4, -0.2) is 56.3 Å². The Morgan fingerprint density at radius 2 is 1.94 bits per heavy atom. The fourth-order valence-corrected chi connectivity index (χ4v) is 5.25. The van der Waals surface area contributed by atoms with Crippen LogP contribution in [0.25, 0.3) is 11.3 Å². The molecule has 0 atom stereocenters. The van der Waals surface area contributed by atoms with Gasteiger partial charge < -0.3 is 23.6 Å². The van der Waals surface area contributed by atoms with Gasteiger partial charge in [-0.15, -0.1) is 0 Å². The molecule has 7 nitrogen and oxygen atoms in total. The number of amides is 1. The van der Waals surface area contributed by atoms with Crippen molar-refractivity contribution in [2.24, 2.45) is 0 Å². The molecule has 194 valence electrons. The van der Waals surface area contributed by atoms with Gasteiger partial charge in [-0.1, -0.05) is 56.7 Å². The number of aromatic nitrogens is 1. The van der Waals surface area contributed by atoms with Crippen molar-refractivity contribution >= 4 is 46.0 Å². The zero-order valence-corrected chi connectivity index (χ0v) is 25.8. The van der Waals surface area contributed by atoms with E-state index in [4.69, 9.17) is 18.7 Å². The number of nitrogens with zero attached hydrogens (tertiary/aromatic N) is 2. The molecule has 2 aromatic rings. The summed E-state index contributed by atoms with van der Waals surface area (Å²) in [4.78, 5) is 14.0. The number of likely N-dealkylation sites (tertiary alicyclic amines) is 1. The number of carbonyl (C=O) groups is 1. The first-order chi connectivity index (χ1) is 16.3. The molecular weight excluding hydrogens is 596 g/mol. The fraction of sp³-hybridized carbons (Fsp3) is 0.600. The Labute approximate surface area is 226 Å². The number of ether oxygens (including phenoxy) is 3. The van der Waals surface area contributed by atoms with Gasteiger partial charge in [0.05, 0.1) is 5.92 Å². The van der Waals surface area contributed by atoms with E-state index in [9.17, 15) is 4.79 Å². The van der Waals surface area contributed by atoms with E-state index >= 15 is 0 Å². The number of carbonyl (C=O) groups excluding carboxylic acids is 1. The van der Waals surface area contributed by atoms with Gasteiger partial charge in [0, 0.05) is 48.7 Å². The zero-order chi connectivity index (χ0) is 26.0. The summed E-state index contributed by atoms with van der Waals surface area (Å²) >= 11 is 7.25. The Balaban J connectivity index is 1.75. The van der Waals surface area contributed by atoms with E-state index in [0.717, 1.165) is 38.7 Å². The minimum absolute atomic E-state index is 0.0690. The molecule has 0 radical (unpaired) electrons. The van der Waals surface area contributed by atoms with Crippen molar-refractivity contribution in [3.63, 3.8) is 0 Å². The molecule has 0 unspecified atom stereocenters. The number of hydrogen-bond donors (Lipinski definition) is 0. The Morgan fingerprint density at radius 3 is 2.54 bits per heavy atom. The standard InChI is InChI=1S/C25H36Br2N2O5Si/c1-16-10-21(32-15-31-8-9-35(5,6)7)18(11-20(16)27)22-19(12-26)23(34-28-22)17-13-29(14-17)24(30)33-25(2,3)4/h10-11,17H,8-9,12-15H2,1-7H3. The van der Waals surface area contributed by atoms with Gasteiger partial charge in [-0.25, -0.2) is 4.79 Å². The Bertz CT molecular complexity index is 1040. The van der Waals surface area contributed by atoms with Gasteiger partial charge >= 0.3 is 6.09 Å². The van der Waals surface area contributed by atoms with E-state index < -0.39 is 13.7 Å². The highest BCUT2D eigenvalue weighted by molar-refractivity contribution is 9.10. The minimum Gasteiger partial charge on any atom is -0.467 e. The van der Waals surface area contributed by atoms with Crippen LogP contribution < -0.4 is 4.74 Å². The average molecular weight is 632 g/mol. The van der Waals surface area contributed by atoms with Gasteiger partial charge in [-0.3, -0.25) is 0 Å². The van der Waals surface area contributed by atoms with Crippen LogP contribution >= 0.6 is 31.9 Å². The Kier molecular flexibility index (Phi) is 9.15. The van der Waals surface area contributed by atoms with Gasteiger partial charge in [0.25, 0.3) is 0 Å². The molecule has 3 rings (SSSR count). The van der Waals surface area contributed by atoms with E-state index in [1.807, 2.05) is 39.8 Å². The van der Waals surface area contributed by atoms with Gasteiger partial charge in [0.15, 0.2) is 6.79 Å². The summed E-state index contributed by atoms with van der Waals surface area (Å²) in [6.45, 7) is 16.5. The number of hydrogen-bond acceptors (Lipinski definition) is 6. The van der Waals surface area contributed by atoms with Gasteiger partial charge in [-0.05, 0) is 51.4 Å². The molecule has 1 aromatic carbocycles. The first-order valence-corrected chi connectivity index (χ1v) is 17.4. The van der Waals surface area contributed by atoms with Crippen molar-refractivity contribution in [3.05, 3.63) is 33.5 Å². The molecule has 1 amide bonds. The highest BCUT2D eigenvalue weighted by Gasteiger charge is 2.39. The lowest BCUT2D eigenvalue weighted by Crippen LogP contribution is -2.50. The van der Waals surface area contributed by atoms with Crippen LogP contribution in [0.1, 0.15) is 43.6 Å². The Hall–Kier alpha value is -1.36. The van der Waals surface area contributed by atoms with Crippen LogP contribution in [0.5, 0.6) is 5.75 Å². The third-order valence-electron chi connectivity index (χ3n) is 5.67. The van der Waals surface area contributed by atoms with E-state index in [0.29, 0.717) is 30.8 Å². The molecule has 35 heavy (non-hydrogen) atoms. The largest absolute Gasteiger partial charge is 0.467 e. The normalized spacial score (nSPS) is 14.7. The third-order valence-corrected chi connectivity index (χ3v) is 8.79. The molecule has 0 N–H and O–H groups in total. The lowest BCUT2D eigenvalue weighted by atomic mass is 9.93. The topological polar surface area (TPSA) is 74.0 Å². The lowest BCUT2D eigenvalue weighted by molar-refractivity contribution is 0.00595. The van der Waals surface area contributed by atoms with Gasteiger partial charge in [0.2, 0.25) is 0 Å². The number of benzene rings is 1. The summed E-state index contributed by atoms with van der Waals surface area (Å²) in [5, 5.41) is 4.99. The van der Waals surface area contributed by atoms with Crippen molar-refractivity contribution in [3.8, 4) is 17.0 Å². The molecule has 1 saturated heterocycles. The predicted octanol–water partition coefficient (Wildman–Crippen LogP) is 7.33. The molecule has 0 spiro atoms. The Morgan fingerprint density at radius 1 is 1.26 bits per heavy atom. The second-order valence-corrected chi connectivity index (χ2v) is 18.2. The zero-order valence-electron chi connectivity index (χ0n) is 21.7. The maximum absolute atomic E-state index is 12.3. The number of aryl methyl sites for hydroxylation is 1. The highest BCUT2D eigenvalue weighted by atomic mass is 79.9. The average Bonchev–Trinajstić information content (AvgIpc) is 3.10. The van der Waals surface area contributed by atoms with Crippen LogP contribution in [-0.2, 0) is 14.8 Å². The minimum atomic E-state index is -1.16. The van der Waals surface area contributed by atoms with Gasteiger partial charge in [-0.2, -0.15) is 0 Å². The first kappa shape index (κ1) is 28.2. The SMILES string of the molecule is Cc1cc(OCOCC[Si](C)(C)C)c(-c2noc(C3CN(C(=O)OC(C)(C)C)C3)c2CBr)cc1Br. The summed E-state index contributed by atoms with van der Waals surface area (Å²) in [6.07, 6.45) is -0.304. The molecule has 0 bridgehead atoms. The van der Waals surface area contributed by atoms with Crippen molar-refractivity contribution in [1.29, 1.82) is 0 Å². The smallest absolute Gasteiger partial charge is 0.410 e. The molecule has 1 aliphatic heterocycles. The van der Waals surface area contributed by atoms with E-state index in [1.165, 1.54) is 0 Å². The molecule has 1 aliphatic rings. The second-order valence-electron chi connectivity index (χ2n) is 11.2. The molecule has 2 heterocycles. The number of rotatable bonds is 9. The summed E-state index contributed by atoms with van der Waals surface area (Å²) in [5.41, 5.74) is 3.06. The molecule has 0 saturated carbocycles. The summed E-state index contributed by atoms with van der Waals surface area (Å²) in [5.74, 6) is 1.55. The monoisotopic (exact) mass is 630 g/mol. The molecule has 10 heteroatoms. The third kappa shape index (κ3) is 7.56. The van der Waals surface area contributed by atoms with Crippen LogP contribution in [0, 0.1) is 6.92 Å².